The van der Waals surface area contributed by atoms with Gasteiger partial charge in [-0.3, -0.25) is 14.9 Å². The van der Waals surface area contributed by atoms with E-state index in [0.29, 0.717) is 6.54 Å². The van der Waals surface area contributed by atoms with Gasteiger partial charge in [0.05, 0.1) is 4.92 Å². The minimum atomic E-state index is -0.637. The average molecular weight is 269 g/mol. The summed E-state index contributed by atoms with van der Waals surface area (Å²) in [5, 5.41) is 13.8. The molecule has 1 aromatic carbocycles. The highest BCUT2D eigenvalue weighted by Gasteiger charge is 2.22. The summed E-state index contributed by atoms with van der Waals surface area (Å²) < 4.78 is 0. The number of nitrogen functional groups attached to an aromatic ring is 1. The predicted octanol–water partition coefficient (Wildman–Crippen LogP) is 1.66. The lowest BCUT2D eigenvalue weighted by atomic mass is 10.1. The molecule has 3 N–H and O–H groups in total. The first-order chi connectivity index (χ1) is 8.47. The summed E-state index contributed by atoms with van der Waals surface area (Å²) in [5.74, 6) is -0.477. The lowest BCUT2D eigenvalue weighted by Gasteiger charge is -2.10. The number of amides is 1. The zero-order valence-corrected chi connectivity index (χ0v) is 11.0. The molecule has 0 radical (unpaired) electrons. The van der Waals surface area contributed by atoms with Crippen LogP contribution in [0.1, 0.15) is 17.3 Å². The van der Waals surface area contributed by atoms with Crippen LogP contribution in [0.3, 0.4) is 0 Å². The van der Waals surface area contributed by atoms with Crippen LogP contribution in [0.15, 0.2) is 18.2 Å². The Balaban J connectivity index is 2.92. The van der Waals surface area contributed by atoms with Crippen LogP contribution in [0.25, 0.3) is 0 Å². The van der Waals surface area contributed by atoms with E-state index >= 15 is 0 Å². The second-order valence-corrected chi connectivity index (χ2v) is 5.03. The Bertz CT molecular complexity index is 465. The minimum Gasteiger partial charge on any atom is -0.393 e. The molecule has 0 fully saturated rings. The van der Waals surface area contributed by atoms with Gasteiger partial charge in [0.25, 0.3) is 5.91 Å². The van der Waals surface area contributed by atoms with E-state index in [1.807, 2.05) is 13.2 Å². The monoisotopic (exact) mass is 269 g/mol. The van der Waals surface area contributed by atoms with E-state index < -0.39 is 10.8 Å². The van der Waals surface area contributed by atoms with Gasteiger partial charge in [-0.25, -0.2) is 0 Å². The van der Waals surface area contributed by atoms with Crippen LogP contribution in [0.4, 0.5) is 11.4 Å². The number of carbonyl (C=O) groups is 1. The Hall–Kier alpha value is -1.76. The highest BCUT2D eigenvalue weighted by molar-refractivity contribution is 7.99. The summed E-state index contributed by atoms with van der Waals surface area (Å²) >= 11 is 1.60. The fourth-order valence-electron chi connectivity index (χ4n) is 1.36. The van der Waals surface area contributed by atoms with Gasteiger partial charge in [0.2, 0.25) is 0 Å². The average Bonchev–Trinajstić information content (AvgIpc) is 2.34. The van der Waals surface area contributed by atoms with E-state index in [9.17, 15) is 14.9 Å². The third-order valence-electron chi connectivity index (χ3n) is 2.45. The van der Waals surface area contributed by atoms with E-state index in [2.05, 4.69) is 5.32 Å². The SMILES string of the molecule is CSC(C)CNC(=O)c1cccc(N)c1[N+](=O)[O-]. The Morgan fingerprint density at radius 2 is 2.28 bits per heavy atom. The smallest absolute Gasteiger partial charge is 0.304 e. The molecule has 0 heterocycles. The maximum Gasteiger partial charge on any atom is 0.304 e. The van der Waals surface area contributed by atoms with Crippen molar-refractivity contribution in [1.29, 1.82) is 0 Å². The number of hydrogen-bond donors (Lipinski definition) is 2. The maximum absolute atomic E-state index is 11.9. The molecule has 0 saturated heterocycles. The molecule has 0 bridgehead atoms. The molecule has 1 atom stereocenters. The number of para-hydroxylation sites is 1. The van der Waals surface area contributed by atoms with Crippen LogP contribution in [0.2, 0.25) is 0 Å². The number of anilines is 1. The molecule has 0 aliphatic rings. The van der Waals surface area contributed by atoms with E-state index in [1.165, 1.54) is 18.2 Å². The first-order valence-corrected chi connectivity index (χ1v) is 6.60. The number of nitrogens with two attached hydrogens (primary N) is 1. The van der Waals surface area contributed by atoms with Crippen molar-refractivity contribution in [3.63, 3.8) is 0 Å². The van der Waals surface area contributed by atoms with Crippen molar-refractivity contribution in [3.05, 3.63) is 33.9 Å². The normalized spacial score (nSPS) is 11.9. The molecule has 0 aromatic heterocycles. The standard InChI is InChI=1S/C11H15N3O3S/c1-7(18-2)6-13-11(15)8-4-3-5-9(12)10(8)14(16)17/h3-5,7H,6,12H2,1-2H3,(H,13,15). The number of nitro groups is 1. The lowest BCUT2D eigenvalue weighted by molar-refractivity contribution is -0.384. The van der Waals surface area contributed by atoms with Crippen molar-refractivity contribution in [1.82, 2.24) is 5.32 Å². The number of thioether (sulfide) groups is 1. The Labute approximate surface area is 109 Å². The molecule has 1 unspecified atom stereocenters. The first kappa shape index (κ1) is 14.3. The molecule has 0 spiro atoms. The second-order valence-electron chi connectivity index (χ2n) is 3.76. The van der Waals surface area contributed by atoms with Crippen LogP contribution in [0, 0.1) is 10.1 Å². The Kier molecular flexibility index (Phi) is 4.96. The third kappa shape index (κ3) is 3.36. The summed E-state index contributed by atoms with van der Waals surface area (Å²) in [6.07, 6.45) is 1.93. The largest absolute Gasteiger partial charge is 0.393 e. The Morgan fingerprint density at radius 3 is 2.83 bits per heavy atom. The number of rotatable bonds is 5. The van der Waals surface area contributed by atoms with Gasteiger partial charge in [-0.1, -0.05) is 13.0 Å². The molecule has 1 rings (SSSR count). The summed E-state index contributed by atoms with van der Waals surface area (Å²) in [6.45, 7) is 2.41. The highest BCUT2D eigenvalue weighted by Crippen LogP contribution is 2.25. The fourth-order valence-corrected chi connectivity index (χ4v) is 1.61. The zero-order valence-electron chi connectivity index (χ0n) is 10.2. The van der Waals surface area contributed by atoms with Crippen LogP contribution >= 0.6 is 11.8 Å². The molecular formula is C11H15N3O3S. The van der Waals surface area contributed by atoms with Crippen LogP contribution in [-0.4, -0.2) is 28.9 Å². The van der Waals surface area contributed by atoms with Crippen molar-refractivity contribution in [2.75, 3.05) is 18.5 Å². The van der Waals surface area contributed by atoms with Crippen LogP contribution < -0.4 is 11.1 Å². The number of nitrogens with one attached hydrogen (secondary N) is 1. The van der Waals surface area contributed by atoms with Gasteiger partial charge in [0.1, 0.15) is 11.3 Å². The zero-order chi connectivity index (χ0) is 13.7. The summed E-state index contributed by atoms with van der Waals surface area (Å²) in [5.41, 5.74) is 5.16. The van der Waals surface area contributed by atoms with E-state index in [-0.39, 0.29) is 22.2 Å². The lowest BCUT2D eigenvalue weighted by Crippen LogP contribution is -2.29. The van der Waals surface area contributed by atoms with Crippen LogP contribution in [-0.2, 0) is 0 Å². The second kappa shape index (κ2) is 6.25. The topological polar surface area (TPSA) is 98.3 Å². The number of nitro benzene ring substituents is 1. The molecule has 0 aliphatic heterocycles. The number of nitrogens with zero attached hydrogens (tertiary/aromatic N) is 1. The van der Waals surface area contributed by atoms with Gasteiger partial charge in [-0.2, -0.15) is 11.8 Å². The van der Waals surface area contributed by atoms with E-state index in [4.69, 9.17) is 5.73 Å². The number of benzene rings is 1. The minimum absolute atomic E-state index is 0.00620. The van der Waals surface area contributed by atoms with Gasteiger partial charge < -0.3 is 11.1 Å². The summed E-state index contributed by atoms with van der Waals surface area (Å²) in [7, 11) is 0. The first-order valence-electron chi connectivity index (χ1n) is 5.31. The molecule has 0 saturated carbocycles. The van der Waals surface area contributed by atoms with Crippen LogP contribution in [0.5, 0.6) is 0 Å². The molecular weight excluding hydrogens is 254 g/mol. The summed E-state index contributed by atoms with van der Waals surface area (Å²) in [6, 6.07) is 4.32. The quantitative estimate of drug-likeness (QED) is 0.481. The van der Waals surface area contributed by atoms with Gasteiger partial charge in [0, 0.05) is 11.8 Å². The maximum atomic E-state index is 11.9. The van der Waals surface area contributed by atoms with Gasteiger partial charge in [-0.15, -0.1) is 0 Å². The third-order valence-corrected chi connectivity index (χ3v) is 3.42. The fraction of sp³-hybridized carbons (Fsp3) is 0.364. The van der Waals surface area contributed by atoms with Crippen molar-refractivity contribution in [2.45, 2.75) is 12.2 Å². The molecule has 7 heteroatoms. The number of carbonyl (C=O) groups excluding carboxylic acids is 1. The van der Waals surface area contributed by atoms with Crippen molar-refractivity contribution < 1.29 is 9.72 Å². The van der Waals surface area contributed by atoms with Crippen molar-refractivity contribution in [3.8, 4) is 0 Å². The molecule has 98 valence electrons. The predicted molar refractivity (Wildman–Crippen MR) is 72.8 cm³/mol. The van der Waals surface area contributed by atoms with Crippen molar-refractivity contribution in [2.24, 2.45) is 0 Å². The van der Waals surface area contributed by atoms with E-state index in [1.54, 1.807) is 11.8 Å². The molecule has 1 aromatic rings. The number of hydrogen-bond acceptors (Lipinski definition) is 5. The molecule has 0 aliphatic carbocycles. The van der Waals surface area contributed by atoms with E-state index in [0.717, 1.165) is 0 Å². The highest BCUT2D eigenvalue weighted by atomic mass is 32.2. The van der Waals surface area contributed by atoms with Gasteiger partial charge in [-0.05, 0) is 18.4 Å². The molecule has 18 heavy (non-hydrogen) atoms. The van der Waals surface area contributed by atoms with Gasteiger partial charge >= 0.3 is 5.69 Å². The molecule has 6 nitrogen and oxygen atoms in total. The Morgan fingerprint density at radius 1 is 1.61 bits per heavy atom. The van der Waals surface area contributed by atoms with Crippen molar-refractivity contribution >= 4 is 29.0 Å². The summed E-state index contributed by atoms with van der Waals surface area (Å²) in [4.78, 5) is 22.1. The van der Waals surface area contributed by atoms with Gasteiger partial charge in [0.15, 0.2) is 0 Å². The molecule has 1 amide bonds.